The number of methoxy groups -OCH3 is 3. The molecule has 5 heteroatoms. The molecule has 19 heavy (non-hydrogen) atoms. The Bertz CT molecular complexity index is 399. The van der Waals surface area contributed by atoms with Gasteiger partial charge >= 0.3 is 0 Å². The monoisotopic (exact) mass is 271 g/mol. The zero-order chi connectivity index (χ0) is 14.3. The molecule has 4 nitrogen and oxygen atoms in total. The van der Waals surface area contributed by atoms with Gasteiger partial charge in [-0.3, -0.25) is 4.90 Å². The van der Waals surface area contributed by atoms with Crippen molar-refractivity contribution in [2.45, 2.75) is 13.5 Å². The van der Waals surface area contributed by atoms with E-state index in [9.17, 15) is 4.39 Å². The van der Waals surface area contributed by atoms with Crippen molar-refractivity contribution in [2.24, 2.45) is 0 Å². The Morgan fingerprint density at radius 3 is 2.21 bits per heavy atom. The molecule has 0 unspecified atom stereocenters. The van der Waals surface area contributed by atoms with E-state index in [-0.39, 0.29) is 6.67 Å². The van der Waals surface area contributed by atoms with Crippen LogP contribution in [0.1, 0.15) is 12.5 Å². The van der Waals surface area contributed by atoms with Crippen molar-refractivity contribution in [3.63, 3.8) is 0 Å². The normalized spacial score (nSPS) is 10.6. The number of ether oxygens (including phenoxy) is 3. The van der Waals surface area contributed by atoms with Crippen molar-refractivity contribution >= 4 is 0 Å². The average Bonchev–Trinajstić information content (AvgIpc) is 2.45. The third-order valence-electron chi connectivity index (χ3n) is 3.03. The molecule has 1 aromatic rings. The maximum Gasteiger partial charge on any atom is 0.203 e. The molecular weight excluding hydrogens is 249 g/mol. The lowest BCUT2D eigenvalue weighted by molar-refractivity contribution is 0.246. The Morgan fingerprint density at radius 2 is 1.74 bits per heavy atom. The van der Waals surface area contributed by atoms with Gasteiger partial charge in [-0.05, 0) is 12.6 Å². The summed E-state index contributed by atoms with van der Waals surface area (Å²) in [5.74, 6) is 1.83. The van der Waals surface area contributed by atoms with Crippen LogP contribution in [0, 0.1) is 0 Å². The van der Waals surface area contributed by atoms with E-state index >= 15 is 0 Å². The third kappa shape index (κ3) is 3.73. The Morgan fingerprint density at radius 1 is 1.05 bits per heavy atom. The van der Waals surface area contributed by atoms with Crippen LogP contribution in [0.25, 0.3) is 0 Å². The van der Waals surface area contributed by atoms with Crippen molar-refractivity contribution < 1.29 is 18.6 Å². The molecular formula is C14H22FNO3. The van der Waals surface area contributed by atoms with Crippen molar-refractivity contribution in [1.29, 1.82) is 0 Å². The Kier molecular flexibility index (Phi) is 6.42. The minimum atomic E-state index is -0.358. The fourth-order valence-electron chi connectivity index (χ4n) is 2.00. The lowest BCUT2D eigenvalue weighted by Gasteiger charge is -2.22. The molecule has 0 amide bonds. The Hall–Kier alpha value is -1.49. The van der Waals surface area contributed by atoms with Gasteiger partial charge in [0.1, 0.15) is 6.67 Å². The maximum absolute atomic E-state index is 12.5. The van der Waals surface area contributed by atoms with Gasteiger partial charge < -0.3 is 14.2 Å². The molecule has 0 fully saturated rings. The first-order chi connectivity index (χ1) is 9.21. The summed E-state index contributed by atoms with van der Waals surface area (Å²) >= 11 is 0. The fraction of sp³-hybridized carbons (Fsp3) is 0.571. The number of hydrogen-bond acceptors (Lipinski definition) is 4. The first kappa shape index (κ1) is 15.6. The van der Waals surface area contributed by atoms with E-state index in [0.29, 0.717) is 30.3 Å². The molecule has 0 bridgehead atoms. The summed E-state index contributed by atoms with van der Waals surface area (Å²) in [6, 6.07) is 3.75. The number of nitrogens with zero attached hydrogens (tertiary/aromatic N) is 1. The summed E-state index contributed by atoms with van der Waals surface area (Å²) < 4.78 is 28.4. The lowest BCUT2D eigenvalue weighted by atomic mass is 10.1. The van der Waals surface area contributed by atoms with E-state index < -0.39 is 0 Å². The van der Waals surface area contributed by atoms with Gasteiger partial charge in [0.25, 0.3) is 0 Å². The summed E-state index contributed by atoms with van der Waals surface area (Å²) in [6.07, 6.45) is 0. The van der Waals surface area contributed by atoms with Gasteiger partial charge in [-0.25, -0.2) is 4.39 Å². The quantitative estimate of drug-likeness (QED) is 0.727. The highest BCUT2D eigenvalue weighted by Gasteiger charge is 2.17. The second kappa shape index (κ2) is 7.84. The summed E-state index contributed by atoms with van der Waals surface area (Å²) in [5.41, 5.74) is 0.954. The number of rotatable bonds is 8. The van der Waals surface area contributed by atoms with Crippen LogP contribution in [0.2, 0.25) is 0 Å². The molecule has 0 spiro atoms. The van der Waals surface area contributed by atoms with Gasteiger partial charge in [0.05, 0.1) is 21.3 Å². The van der Waals surface area contributed by atoms with Gasteiger partial charge in [0.15, 0.2) is 11.5 Å². The van der Waals surface area contributed by atoms with Crippen LogP contribution in [0.5, 0.6) is 17.2 Å². The minimum absolute atomic E-state index is 0.358. The zero-order valence-electron chi connectivity index (χ0n) is 12.0. The van der Waals surface area contributed by atoms with Crippen LogP contribution in [-0.4, -0.2) is 46.0 Å². The SMILES string of the molecule is CCN(CCF)Cc1ccc(OC)c(OC)c1OC. The van der Waals surface area contributed by atoms with Crippen LogP contribution in [0.3, 0.4) is 0 Å². The molecule has 0 aliphatic rings. The molecule has 0 aliphatic heterocycles. The molecule has 0 heterocycles. The number of alkyl halides is 1. The van der Waals surface area contributed by atoms with Crippen molar-refractivity contribution in [3.05, 3.63) is 17.7 Å². The number of halogens is 1. The van der Waals surface area contributed by atoms with Crippen molar-refractivity contribution in [3.8, 4) is 17.2 Å². The first-order valence-electron chi connectivity index (χ1n) is 6.27. The summed E-state index contributed by atoms with van der Waals surface area (Å²) in [5, 5.41) is 0. The Labute approximate surface area is 114 Å². The van der Waals surface area contributed by atoms with Gasteiger partial charge in [-0.15, -0.1) is 0 Å². The molecule has 0 atom stereocenters. The topological polar surface area (TPSA) is 30.9 Å². The van der Waals surface area contributed by atoms with Crippen molar-refractivity contribution in [2.75, 3.05) is 41.1 Å². The standard InChI is InChI=1S/C14H22FNO3/c1-5-16(9-8-15)10-11-6-7-12(17-2)14(19-4)13(11)18-3/h6-7H,5,8-10H2,1-4H3. The molecule has 108 valence electrons. The second-order valence-electron chi connectivity index (χ2n) is 4.05. The van der Waals surface area contributed by atoms with Gasteiger partial charge in [0, 0.05) is 18.7 Å². The highest BCUT2D eigenvalue weighted by atomic mass is 19.1. The van der Waals surface area contributed by atoms with Gasteiger partial charge in [-0.1, -0.05) is 13.0 Å². The third-order valence-corrected chi connectivity index (χ3v) is 3.03. The van der Waals surface area contributed by atoms with E-state index in [1.54, 1.807) is 21.3 Å². The Balaban J connectivity index is 3.06. The van der Waals surface area contributed by atoms with Gasteiger partial charge in [0.2, 0.25) is 5.75 Å². The van der Waals surface area contributed by atoms with E-state index in [1.165, 1.54) is 0 Å². The highest BCUT2D eigenvalue weighted by molar-refractivity contribution is 5.55. The zero-order valence-corrected chi connectivity index (χ0v) is 12.0. The minimum Gasteiger partial charge on any atom is -0.493 e. The highest BCUT2D eigenvalue weighted by Crippen LogP contribution is 2.40. The summed E-state index contributed by atoms with van der Waals surface area (Å²) in [4.78, 5) is 2.00. The number of hydrogen-bond donors (Lipinski definition) is 0. The van der Waals surface area contributed by atoms with Crippen LogP contribution in [0.4, 0.5) is 4.39 Å². The molecule has 0 N–H and O–H groups in total. The molecule has 0 aromatic heterocycles. The lowest BCUT2D eigenvalue weighted by Crippen LogP contribution is -2.25. The van der Waals surface area contributed by atoms with E-state index in [1.807, 2.05) is 24.0 Å². The molecule has 1 aromatic carbocycles. The predicted molar refractivity (Wildman–Crippen MR) is 73.0 cm³/mol. The number of benzene rings is 1. The van der Waals surface area contributed by atoms with Crippen LogP contribution in [0.15, 0.2) is 12.1 Å². The summed E-state index contributed by atoms with van der Waals surface area (Å²) in [6.45, 7) is 3.45. The smallest absolute Gasteiger partial charge is 0.203 e. The molecule has 0 saturated carbocycles. The fourth-order valence-corrected chi connectivity index (χ4v) is 2.00. The molecule has 1 rings (SSSR count). The van der Waals surface area contributed by atoms with Crippen LogP contribution < -0.4 is 14.2 Å². The molecule has 0 aliphatic carbocycles. The first-order valence-corrected chi connectivity index (χ1v) is 6.27. The van der Waals surface area contributed by atoms with Crippen molar-refractivity contribution in [1.82, 2.24) is 4.90 Å². The largest absolute Gasteiger partial charge is 0.493 e. The van der Waals surface area contributed by atoms with Crippen LogP contribution in [-0.2, 0) is 6.54 Å². The maximum atomic E-state index is 12.5. The molecule has 0 radical (unpaired) electrons. The predicted octanol–water partition coefficient (Wildman–Crippen LogP) is 2.50. The second-order valence-corrected chi connectivity index (χ2v) is 4.05. The molecule has 0 saturated heterocycles. The average molecular weight is 271 g/mol. The van der Waals surface area contributed by atoms with Crippen LogP contribution >= 0.6 is 0 Å². The van der Waals surface area contributed by atoms with E-state index in [4.69, 9.17) is 14.2 Å². The van der Waals surface area contributed by atoms with Gasteiger partial charge in [-0.2, -0.15) is 0 Å². The van der Waals surface area contributed by atoms with E-state index in [0.717, 1.165) is 12.1 Å². The van der Waals surface area contributed by atoms with E-state index in [2.05, 4.69) is 0 Å². The summed E-state index contributed by atoms with van der Waals surface area (Å²) in [7, 11) is 4.74.